The largest absolute Gasteiger partial charge is 0.454 e. The van der Waals surface area contributed by atoms with Crippen LogP contribution in [0.3, 0.4) is 0 Å². The monoisotopic (exact) mass is 343 g/mol. The van der Waals surface area contributed by atoms with Crippen molar-refractivity contribution in [2.45, 2.75) is 25.8 Å². The number of pyridine rings is 1. The van der Waals surface area contributed by atoms with Crippen molar-refractivity contribution in [1.82, 2.24) is 4.57 Å². The van der Waals surface area contributed by atoms with E-state index in [1.165, 1.54) is 17.2 Å². The average molecular weight is 343 g/mol. The molecule has 3 aromatic rings. The Balaban J connectivity index is 1.69. The normalized spacial score (nSPS) is 15.5. The number of aryl methyl sites for hydroxylation is 2. The Labute approximate surface area is 150 Å². The van der Waals surface area contributed by atoms with Crippen molar-refractivity contribution in [3.63, 3.8) is 0 Å². The second kappa shape index (κ2) is 5.70. The van der Waals surface area contributed by atoms with Gasteiger partial charge in [0.25, 0.3) is 0 Å². The molecule has 3 heterocycles. The first-order valence-electron chi connectivity index (χ1n) is 8.86. The number of hydrogen-bond donors (Lipinski definition) is 0. The summed E-state index contributed by atoms with van der Waals surface area (Å²) < 4.78 is 8.12. The molecule has 0 unspecified atom stereocenters. The molecule has 0 atom stereocenters. The molecule has 0 radical (unpaired) electrons. The van der Waals surface area contributed by atoms with E-state index in [9.17, 15) is 9.59 Å². The third-order valence-electron chi connectivity index (χ3n) is 5.30. The molecule has 1 aliphatic carbocycles. The Hall–Kier alpha value is -3.14. The van der Waals surface area contributed by atoms with Crippen LogP contribution in [0.1, 0.15) is 34.3 Å². The molecule has 1 aliphatic heterocycles. The number of aldehydes is 1. The van der Waals surface area contributed by atoms with Crippen molar-refractivity contribution in [3.05, 3.63) is 75.6 Å². The minimum Gasteiger partial charge on any atom is -0.454 e. The molecule has 26 heavy (non-hydrogen) atoms. The number of benzene rings is 1. The summed E-state index contributed by atoms with van der Waals surface area (Å²) in [5.74, 6) is 0.746. The first kappa shape index (κ1) is 15.1. The number of carbonyl (C=O) groups is 1. The molecule has 0 spiro atoms. The minimum atomic E-state index is -0.264. The van der Waals surface area contributed by atoms with Gasteiger partial charge in [-0.15, -0.1) is 0 Å². The summed E-state index contributed by atoms with van der Waals surface area (Å²) in [6.45, 7) is 0.732. The van der Waals surface area contributed by atoms with Crippen molar-refractivity contribution in [2.75, 3.05) is 0 Å². The van der Waals surface area contributed by atoms with Gasteiger partial charge in [0.15, 0.2) is 17.5 Å². The number of furan rings is 1. The maximum atomic E-state index is 12.1. The lowest BCUT2D eigenvalue weighted by Crippen LogP contribution is -2.18. The first-order valence-corrected chi connectivity index (χ1v) is 8.86. The van der Waals surface area contributed by atoms with E-state index >= 15 is 0 Å². The van der Waals surface area contributed by atoms with Crippen LogP contribution in [0.4, 0.5) is 0 Å². The maximum absolute atomic E-state index is 12.1. The van der Waals surface area contributed by atoms with E-state index in [2.05, 4.69) is 36.4 Å². The maximum Gasteiger partial charge on any atom is 0.192 e. The number of nitrogens with zero attached hydrogens (tertiary/aromatic N) is 1. The first-order chi connectivity index (χ1) is 12.7. The van der Waals surface area contributed by atoms with Gasteiger partial charge in [-0.3, -0.25) is 9.59 Å². The van der Waals surface area contributed by atoms with Crippen molar-refractivity contribution in [1.29, 1.82) is 0 Å². The highest BCUT2D eigenvalue weighted by Crippen LogP contribution is 2.38. The summed E-state index contributed by atoms with van der Waals surface area (Å²) in [5, 5.41) is 1.11. The van der Waals surface area contributed by atoms with Crippen LogP contribution in [-0.4, -0.2) is 10.9 Å². The Morgan fingerprint density at radius 3 is 2.88 bits per heavy atom. The second-order valence-corrected chi connectivity index (χ2v) is 6.82. The zero-order valence-corrected chi connectivity index (χ0v) is 14.2. The number of hydrogen-bond acceptors (Lipinski definition) is 3. The molecular weight excluding hydrogens is 326 g/mol. The number of fused-ring (bicyclic) bond motifs is 5. The molecule has 0 bridgehead atoms. The Bertz CT molecular complexity index is 1170. The smallest absolute Gasteiger partial charge is 0.192 e. The standard InChI is InChI=1S/C22H17NO3/c24-13-16-12-23-9-8-18-17-7-6-15(14-4-2-1-3-5-14)10-21(17)26-22(18)19(23)11-20(16)25/h1-2,4,6-7,10-13H,3,5,8-9H2. The number of aromatic nitrogens is 1. The fourth-order valence-electron chi connectivity index (χ4n) is 3.94. The van der Waals surface area contributed by atoms with Crippen LogP contribution < -0.4 is 5.43 Å². The van der Waals surface area contributed by atoms with E-state index in [0.29, 0.717) is 6.29 Å². The predicted molar refractivity (Wildman–Crippen MR) is 101 cm³/mol. The van der Waals surface area contributed by atoms with Gasteiger partial charge in [-0.2, -0.15) is 0 Å². The van der Waals surface area contributed by atoms with Crippen LogP contribution in [-0.2, 0) is 13.0 Å². The lowest BCUT2D eigenvalue weighted by atomic mass is 9.95. The molecule has 5 rings (SSSR count). The summed E-state index contributed by atoms with van der Waals surface area (Å²) in [6, 6.07) is 7.89. The molecule has 2 aromatic heterocycles. The van der Waals surface area contributed by atoms with Crippen molar-refractivity contribution < 1.29 is 9.21 Å². The fourth-order valence-corrected chi connectivity index (χ4v) is 3.94. The van der Waals surface area contributed by atoms with Gasteiger partial charge in [0, 0.05) is 29.8 Å². The number of allylic oxidation sites excluding steroid dienone is 4. The van der Waals surface area contributed by atoms with Gasteiger partial charge >= 0.3 is 0 Å². The Morgan fingerprint density at radius 1 is 1.15 bits per heavy atom. The van der Waals surface area contributed by atoms with Crippen LogP contribution in [0, 0.1) is 0 Å². The molecule has 0 fully saturated rings. The number of carbonyl (C=O) groups excluding carboxylic acids is 1. The predicted octanol–water partition coefficient (Wildman–Crippen LogP) is 4.36. The van der Waals surface area contributed by atoms with E-state index in [-0.39, 0.29) is 11.0 Å². The Kier molecular flexibility index (Phi) is 3.32. The zero-order chi connectivity index (χ0) is 17.7. The molecule has 1 aromatic carbocycles. The summed E-state index contributed by atoms with van der Waals surface area (Å²) in [7, 11) is 0. The molecule has 2 aliphatic rings. The second-order valence-electron chi connectivity index (χ2n) is 6.82. The molecular formula is C22H17NO3. The summed E-state index contributed by atoms with van der Waals surface area (Å²) in [6.07, 6.45) is 11.6. The molecule has 0 amide bonds. The number of rotatable bonds is 2. The fraction of sp³-hybridized carbons (Fsp3) is 0.182. The molecule has 4 heteroatoms. The molecule has 0 saturated carbocycles. The highest BCUT2D eigenvalue weighted by Gasteiger charge is 2.23. The van der Waals surface area contributed by atoms with Gasteiger partial charge in [-0.1, -0.05) is 30.4 Å². The summed E-state index contributed by atoms with van der Waals surface area (Å²) in [5.41, 5.74) is 5.16. The van der Waals surface area contributed by atoms with Gasteiger partial charge in [0.05, 0.1) is 11.3 Å². The molecule has 0 saturated heterocycles. The lowest BCUT2D eigenvalue weighted by molar-refractivity contribution is 0.112. The van der Waals surface area contributed by atoms with Crippen LogP contribution >= 0.6 is 0 Å². The van der Waals surface area contributed by atoms with Gasteiger partial charge in [-0.05, 0) is 36.5 Å². The molecule has 0 N–H and O–H groups in total. The van der Waals surface area contributed by atoms with Gasteiger partial charge in [0.1, 0.15) is 5.58 Å². The Morgan fingerprint density at radius 2 is 2.08 bits per heavy atom. The van der Waals surface area contributed by atoms with Gasteiger partial charge in [-0.25, -0.2) is 0 Å². The third kappa shape index (κ3) is 2.22. The highest BCUT2D eigenvalue weighted by molar-refractivity contribution is 5.90. The van der Waals surface area contributed by atoms with E-state index in [4.69, 9.17) is 4.42 Å². The molecule has 4 nitrogen and oxygen atoms in total. The van der Waals surface area contributed by atoms with Gasteiger partial charge < -0.3 is 8.98 Å². The third-order valence-corrected chi connectivity index (χ3v) is 5.30. The quantitative estimate of drug-likeness (QED) is 0.650. The van der Waals surface area contributed by atoms with E-state index < -0.39 is 0 Å². The summed E-state index contributed by atoms with van der Waals surface area (Å²) in [4.78, 5) is 23.1. The van der Waals surface area contributed by atoms with Crippen LogP contribution in [0.15, 0.2) is 57.9 Å². The van der Waals surface area contributed by atoms with E-state index in [1.807, 2.05) is 4.57 Å². The zero-order valence-electron chi connectivity index (χ0n) is 14.2. The highest BCUT2D eigenvalue weighted by atomic mass is 16.3. The SMILES string of the molecule is O=Cc1cn2c(cc1=O)-c1oc3cc(C4=CC=CCC4)ccc3c1CC2. The van der Waals surface area contributed by atoms with E-state index in [1.54, 1.807) is 6.20 Å². The lowest BCUT2D eigenvalue weighted by Gasteiger charge is -2.18. The van der Waals surface area contributed by atoms with Crippen molar-refractivity contribution >= 4 is 22.8 Å². The average Bonchev–Trinajstić information content (AvgIpc) is 3.06. The van der Waals surface area contributed by atoms with Crippen molar-refractivity contribution in [2.24, 2.45) is 0 Å². The minimum absolute atomic E-state index is 0.188. The topological polar surface area (TPSA) is 52.2 Å². The molecule has 128 valence electrons. The van der Waals surface area contributed by atoms with Crippen molar-refractivity contribution in [3.8, 4) is 11.5 Å². The van der Waals surface area contributed by atoms with Crippen LogP contribution in [0.5, 0.6) is 0 Å². The van der Waals surface area contributed by atoms with Crippen LogP contribution in [0.2, 0.25) is 0 Å². The van der Waals surface area contributed by atoms with Gasteiger partial charge in [0.2, 0.25) is 0 Å². The summed E-state index contributed by atoms with van der Waals surface area (Å²) >= 11 is 0. The van der Waals surface area contributed by atoms with Crippen LogP contribution in [0.25, 0.3) is 28.0 Å². The van der Waals surface area contributed by atoms with E-state index in [0.717, 1.165) is 53.8 Å².